The van der Waals surface area contributed by atoms with E-state index in [4.69, 9.17) is 24.3 Å². The van der Waals surface area contributed by atoms with Crippen molar-refractivity contribution in [2.75, 3.05) is 26.4 Å². The SMILES string of the molecule is CC/C=C/C/C=C/C/C=C/C/C=C/C/C=C/C/C=C/CCC(=O)O[C@H](COC(=O)CCCCCCCCCC)COP(=O)(O)OCCN. The average Bonchev–Trinajstić information content (AvgIpc) is 3.07. The van der Waals surface area contributed by atoms with Crippen molar-refractivity contribution in [2.24, 2.45) is 5.73 Å². The molecule has 9 nitrogen and oxygen atoms in total. The van der Waals surface area contributed by atoms with Gasteiger partial charge in [0.25, 0.3) is 0 Å². The summed E-state index contributed by atoms with van der Waals surface area (Å²) < 4.78 is 32.4. The van der Waals surface area contributed by atoms with Crippen LogP contribution in [0.1, 0.15) is 123 Å². The van der Waals surface area contributed by atoms with Crippen molar-refractivity contribution in [1.82, 2.24) is 0 Å². The van der Waals surface area contributed by atoms with Crippen molar-refractivity contribution in [3.8, 4) is 0 Å². The summed E-state index contributed by atoms with van der Waals surface area (Å²) in [4.78, 5) is 34.5. The third-order valence-electron chi connectivity index (χ3n) is 6.87. The molecule has 0 aromatic rings. The molecule has 0 aliphatic rings. The van der Waals surface area contributed by atoms with Crippen molar-refractivity contribution in [1.29, 1.82) is 0 Å². The zero-order chi connectivity index (χ0) is 35.4. The van der Waals surface area contributed by atoms with Crippen LogP contribution in [-0.2, 0) is 32.7 Å². The van der Waals surface area contributed by atoms with Gasteiger partial charge in [-0.15, -0.1) is 0 Å². The van der Waals surface area contributed by atoms with Gasteiger partial charge >= 0.3 is 19.8 Å². The van der Waals surface area contributed by atoms with Gasteiger partial charge < -0.3 is 20.1 Å². The molecule has 0 heterocycles. The fourth-order valence-electron chi connectivity index (χ4n) is 4.25. The fourth-order valence-corrected chi connectivity index (χ4v) is 5.01. The number of allylic oxidation sites excluding steroid dienone is 12. The van der Waals surface area contributed by atoms with Crippen LogP contribution in [-0.4, -0.2) is 49.3 Å². The number of nitrogens with two attached hydrogens (primary N) is 1. The lowest BCUT2D eigenvalue weighted by Gasteiger charge is -2.19. The molecular formula is C38H64NO8P. The van der Waals surface area contributed by atoms with Crippen molar-refractivity contribution in [3.05, 3.63) is 72.9 Å². The number of phosphoric acid groups is 1. The number of carbonyl (C=O) groups excluding carboxylic acids is 2. The van der Waals surface area contributed by atoms with Gasteiger partial charge in [-0.25, -0.2) is 4.57 Å². The van der Waals surface area contributed by atoms with Crippen LogP contribution < -0.4 is 5.73 Å². The fraction of sp³-hybridized carbons (Fsp3) is 0.632. The maximum Gasteiger partial charge on any atom is 0.472 e. The molecule has 0 radical (unpaired) electrons. The highest BCUT2D eigenvalue weighted by Crippen LogP contribution is 2.43. The summed E-state index contributed by atoms with van der Waals surface area (Å²) in [7, 11) is -4.39. The van der Waals surface area contributed by atoms with Crippen LogP contribution in [0.15, 0.2) is 72.9 Å². The van der Waals surface area contributed by atoms with Gasteiger partial charge in [0.2, 0.25) is 0 Å². The first-order valence-corrected chi connectivity index (χ1v) is 19.4. The van der Waals surface area contributed by atoms with E-state index < -0.39 is 32.5 Å². The second kappa shape index (κ2) is 34.3. The minimum absolute atomic E-state index is 0.0390. The van der Waals surface area contributed by atoms with Gasteiger partial charge in [-0.3, -0.25) is 18.6 Å². The van der Waals surface area contributed by atoms with Gasteiger partial charge in [-0.05, 0) is 51.4 Å². The van der Waals surface area contributed by atoms with E-state index in [0.717, 1.165) is 64.2 Å². The van der Waals surface area contributed by atoms with Crippen molar-refractivity contribution >= 4 is 19.8 Å². The molecule has 48 heavy (non-hydrogen) atoms. The van der Waals surface area contributed by atoms with Crippen molar-refractivity contribution in [2.45, 2.75) is 129 Å². The highest BCUT2D eigenvalue weighted by atomic mass is 31.2. The zero-order valence-corrected chi connectivity index (χ0v) is 30.6. The minimum atomic E-state index is -4.39. The molecule has 2 atom stereocenters. The number of phosphoric ester groups is 1. The molecule has 0 saturated carbocycles. The monoisotopic (exact) mass is 693 g/mol. The highest BCUT2D eigenvalue weighted by Gasteiger charge is 2.25. The molecule has 0 aliphatic carbocycles. The molecule has 0 aromatic heterocycles. The summed E-state index contributed by atoms with van der Waals surface area (Å²) >= 11 is 0. The number of unbranched alkanes of at least 4 members (excludes halogenated alkanes) is 7. The second-order valence-corrected chi connectivity index (χ2v) is 12.8. The quantitative estimate of drug-likeness (QED) is 0.0306. The van der Waals surface area contributed by atoms with Crippen LogP contribution in [0.2, 0.25) is 0 Å². The molecule has 1 unspecified atom stereocenters. The summed E-state index contributed by atoms with van der Waals surface area (Å²) in [5.41, 5.74) is 5.31. The van der Waals surface area contributed by atoms with Crippen LogP contribution in [0.5, 0.6) is 0 Å². The van der Waals surface area contributed by atoms with Gasteiger partial charge in [0.1, 0.15) is 6.61 Å². The first kappa shape index (κ1) is 45.5. The topological polar surface area (TPSA) is 134 Å². The second-order valence-electron chi connectivity index (χ2n) is 11.4. The minimum Gasteiger partial charge on any atom is -0.462 e. The summed E-state index contributed by atoms with van der Waals surface area (Å²) in [6.45, 7) is 3.45. The molecular weight excluding hydrogens is 629 g/mol. The molecule has 0 rings (SSSR count). The standard InChI is InChI=1S/C38H64NO8P/c1-3-5-7-9-11-13-14-15-16-17-18-19-20-21-22-23-25-27-29-31-38(41)47-36(35-46-48(42,43)45-33-32-39)34-44-37(40)30-28-26-24-12-10-8-6-4-2/h5,7,11,13,15-16,18-19,21-22,25,27,36H,3-4,6,8-10,12,14,17,20,23-24,26,28-35,39H2,1-2H3,(H,42,43)/b7-5+,13-11+,16-15+,19-18+,22-21+,27-25+/t36-/m1/s1. The summed E-state index contributed by atoms with van der Waals surface area (Å²) in [6.07, 6.45) is 39.6. The Labute approximate surface area is 291 Å². The molecule has 274 valence electrons. The molecule has 0 spiro atoms. The largest absolute Gasteiger partial charge is 0.472 e. The van der Waals surface area contributed by atoms with E-state index in [1.165, 1.54) is 25.7 Å². The summed E-state index contributed by atoms with van der Waals surface area (Å²) in [5, 5.41) is 0. The van der Waals surface area contributed by atoms with Crippen LogP contribution in [0.25, 0.3) is 0 Å². The van der Waals surface area contributed by atoms with Crippen LogP contribution in [0.4, 0.5) is 0 Å². The Morgan fingerprint density at radius 1 is 0.646 bits per heavy atom. The van der Waals surface area contributed by atoms with Gasteiger partial charge in [0.15, 0.2) is 6.10 Å². The van der Waals surface area contributed by atoms with E-state index in [0.29, 0.717) is 6.42 Å². The average molecular weight is 694 g/mol. The van der Waals surface area contributed by atoms with Gasteiger partial charge in [-0.1, -0.05) is 132 Å². The van der Waals surface area contributed by atoms with E-state index in [2.05, 4.69) is 74.6 Å². The molecule has 3 N–H and O–H groups in total. The Hall–Kier alpha value is -2.55. The molecule has 0 aromatic carbocycles. The lowest BCUT2D eigenvalue weighted by molar-refractivity contribution is -0.161. The molecule has 0 amide bonds. The third kappa shape index (κ3) is 33.4. The number of ether oxygens (including phenoxy) is 2. The van der Waals surface area contributed by atoms with E-state index in [1.54, 1.807) is 0 Å². The summed E-state index contributed by atoms with van der Waals surface area (Å²) in [6, 6.07) is 0. The number of hydrogen-bond acceptors (Lipinski definition) is 8. The third-order valence-corrected chi connectivity index (χ3v) is 7.85. The summed E-state index contributed by atoms with van der Waals surface area (Å²) in [5.74, 6) is -0.940. The smallest absolute Gasteiger partial charge is 0.462 e. The lowest BCUT2D eigenvalue weighted by Crippen LogP contribution is -2.29. The zero-order valence-electron chi connectivity index (χ0n) is 29.7. The van der Waals surface area contributed by atoms with Crippen molar-refractivity contribution < 1.29 is 37.6 Å². The predicted octanol–water partition coefficient (Wildman–Crippen LogP) is 9.54. The maximum absolute atomic E-state index is 12.5. The normalized spacial score (nSPS) is 14.3. The first-order chi connectivity index (χ1) is 23.3. The Kier molecular flexibility index (Phi) is 32.5. The predicted molar refractivity (Wildman–Crippen MR) is 196 cm³/mol. The number of esters is 2. The van der Waals surface area contributed by atoms with Gasteiger partial charge in [0.05, 0.1) is 13.2 Å². The van der Waals surface area contributed by atoms with Crippen LogP contribution in [0.3, 0.4) is 0 Å². The Balaban J connectivity index is 4.39. The first-order valence-electron chi connectivity index (χ1n) is 17.9. The number of rotatable bonds is 32. The molecule has 10 heteroatoms. The lowest BCUT2D eigenvalue weighted by atomic mass is 10.1. The number of carbonyl (C=O) groups is 2. The van der Waals surface area contributed by atoms with Gasteiger partial charge in [-0.2, -0.15) is 0 Å². The van der Waals surface area contributed by atoms with E-state index in [-0.39, 0.29) is 32.6 Å². The molecule has 0 aliphatic heterocycles. The maximum atomic E-state index is 12.5. The molecule has 0 saturated heterocycles. The Morgan fingerprint density at radius 2 is 1.15 bits per heavy atom. The van der Waals surface area contributed by atoms with Gasteiger partial charge in [0, 0.05) is 19.4 Å². The van der Waals surface area contributed by atoms with Crippen molar-refractivity contribution in [3.63, 3.8) is 0 Å². The van der Waals surface area contributed by atoms with Crippen LogP contribution >= 0.6 is 7.82 Å². The van der Waals surface area contributed by atoms with E-state index in [1.807, 2.05) is 12.2 Å². The molecule has 0 bridgehead atoms. The van der Waals surface area contributed by atoms with E-state index >= 15 is 0 Å². The highest BCUT2D eigenvalue weighted by molar-refractivity contribution is 7.47. The Bertz CT molecular complexity index is 1020. The van der Waals surface area contributed by atoms with E-state index in [9.17, 15) is 19.0 Å². The van der Waals surface area contributed by atoms with Crippen LogP contribution in [0, 0.1) is 0 Å². The number of hydrogen-bond donors (Lipinski definition) is 2. The molecule has 0 fully saturated rings. The Morgan fingerprint density at radius 3 is 1.67 bits per heavy atom.